The highest BCUT2D eigenvalue weighted by Crippen LogP contribution is 1.91. The Morgan fingerprint density at radius 2 is 2.38 bits per heavy atom. The zero-order chi connectivity index (χ0) is 9.84. The number of rotatable bonds is 3. The molecule has 0 aromatic carbocycles. The number of carbonyl (C=O) groups excluding carboxylic acids is 1. The lowest BCUT2D eigenvalue weighted by atomic mass is 10.2. The van der Waals surface area contributed by atoms with Crippen LogP contribution in [-0.2, 0) is 7.05 Å². The molecule has 13 heavy (non-hydrogen) atoms. The molecule has 0 unspecified atom stereocenters. The topological polar surface area (TPSA) is 59.8 Å². The summed E-state index contributed by atoms with van der Waals surface area (Å²) in [6.07, 6.45) is 1.50. The zero-order valence-corrected chi connectivity index (χ0v) is 8.11. The molecule has 1 aromatic rings. The Bertz CT molecular complexity index is 292. The molecule has 1 amide bonds. The maximum absolute atomic E-state index is 11.3. The van der Waals surface area contributed by atoms with Gasteiger partial charge in [0.2, 0.25) is 5.82 Å². The fourth-order valence-electron chi connectivity index (χ4n) is 0.819. The van der Waals surface area contributed by atoms with Crippen LogP contribution in [0.15, 0.2) is 6.33 Å². The number of hydrogen-bond acceptors (Lipinski definition) is 3. The molecule has 0 saturated carbocycles. The number of nitrogens with one attached hydrogen (secondary N) is 1. The van der Waals surface area contributed by atoms with E-state index in [1.165, 1.54) is 11.0 Å². The molecule has 0 aliphatic carbocycles. The van der Waals surface area contributed by atoms with Crippen molar-refractivity contribution in [3.05, 3.63) is 12.2 Å². The van der Waals surface area contributed by atoms with Crippen LogP contribution in [0.3, 0.4) is 0 Å². The fraction of sp³-hybridized carbons (Fsp3) is 0.625. The minimum atomic E-state index is -0.214. The molecule has 1 aromatic heterocycles. The van der Waals surface area contributed by atoms with Crippen molar-refractivity contribution in [3.63, 3.8) is 0 Å². The predicted octanol–water partition coefficient (Wildman–Crippen LogP) is 0.201. The first-order chi connectivity index (χ1) is 6.09. The molecule has 0 aliphatic rings. The van der Waals surface area contributed by atoms with E-state index >= 15 is 0 Å². The van der Waals surface area contributed by atoms with Gasteiger partial charge in [0.05, 0.1) is 0 Å². The van der Waals surface area contributed by atoms with Crippen molar-refractivity contribution in [1.29, 1.82) is 0 Å². The van der Waals surface area contributed by atoms with Crippen molar-refractivity contribution in [3.8, 4) is 0 Å². The van der Waals surface area contributed by atoms with Crippen LogP contribution in [0, 0.1) is 5.92 Å². The van der Waals surface area contributed by atoms with E-state index in [9.17, 15) is 4.79 Å². The van der Waals surface area contributed by atoms with Gasteiger partial charge in [-0.15, -0.1) is 5.10 Å². The molecule has 0 atom stereocenters. The molecular formula is C8H14N4O. The van der Waals surface area contributed by atoms with Crippen LogP contribution in [0.5, 0.6) is 0 Å². The summed E-state index contributed by atoms with van der Waals surface area (Å²) in [6.45, 7) is 4.72. The monoisotopic (exact) mass is 182 g/mol. The summed E-state index contributed by atoms with van der Waals surface area (Å²) in [4.78, 5) is 15.1. The van der Waals surface area contributed by atoms with Crippen molar-refractivity contribution in [2.24, 2.45) is 13.0 Å². The van der Waals surface area contributed by atoms with Crippen molar-refractivity contribution < 1.29 is 4.79 Å². The smallest absolute Gasteiger partial charge is 0.290 e. The molecule has 1 rings (SSSR count). The molecule has 1 N–H and O–H groups in total. The summed E-state index contributed by atoms with van der Waals surface area (Å²) in [5, 5.41) is 6.62. The molecule has 0 aliphatic heterocycles. The van der Waals surface area contributed by atoms with Gasteiger partial charge in [0, 0.05) is 13.6 Å². The average Bonchev–Trinajstić information content (AvgIpc) is 2.47. The van der Waals surface area contributed by atoms with Crippen LogP contribution >= 0.6 is 0 Å². The first kappa shape index (κ1) is 9.70. The van der Waals surface area contributed by atoms with Crippen molar-refractivity contribution in [2.45, 2.75) is 13.8 Å². The Morgan fingerprint density at radius 1 is 1.69 bits per heavy atom. The number of aryl methyl sites for hydroxylation is 1. The van der Waals surface area contributed by atoms with Gasteiger partial charge in [-0.05, 0) is 5.92 Å². The van der Waals surface area contributed by atoms with Crippen LogP contribution in [0.2, 0.25) is 0 Å². The van der Waals surface area contributed by atoms with Crippen LogP contribution < -0.4 is 5.32 Å². The number of carbonyl (C=O) groups is 1. The number of amides is 1. The lowest BCUT2D eigenvalue weighted by Crippen LogP contribution is -2.28. The predicted molar refractivity (Wildman–Crippen MR) is 48.2 cm³/mol. The summed E-state index contributed by atoms with van der Waals surface area (Å²) in [6, 6.07) is 0. The minimum Gasteiger partial charge on any atom is -0.349 e. The van der Waals surface area contributed by atoms with Crippen molar-refractivity contribution in [2.75, 3.05) is 6.54 Å². The van der Waals surface area contributed by atoms with E-state index in [0.717, 1.165) is 0 Å². The molecular weight excluding hydrogens is 168 g/mol. The van der Waals surface area contributed by atoms with Gasteiger partial charge in [0.1, 0.15) is 6.33 Å². The normalized spacial score (nSPS) is 10.5. The van der Waals surface area contributed by atoms with Crippen LogP contribution in [-0.4, -0.2) is 27.2 Å². The molecule has 0 saturated heterocycles. The van der Waals surface area contributed by atoms with E-state index in [4.69, 9.17) is 0 Å². The van der Waals surface area contributed by atoms with E-state index in [2.05, 4.69) is 15.4 Å². The van der Waals surface area contributed by atoms with Gasteiger partial charge in [0.15, 0.2) is 0 Å². The second-order valence-electron chi connectivity index (χ2n) is 3.35. The highest BCUT2D eigenvalue weighted by atomic mass is 16.2. The standard InChI is InChI=1S/C8H14N4O/c1-6(2)4-9-8(13)7-10-5-12(3)11-7/h5-6H,4H2,1-3H3,(H,9,13). The second kappa shape index (κ2) is 4.02. The van der Waals surface area contributed by atoms with E-state index in [-0.39, 0.29) is 11.7 Å². The third-order valence-electron chi connectivity index (χ3n) is 1.47. The minimum absolute atomic E-state index is 0.214. The summed E-state index contributed by atoms with van der Waals surface area (Å²) in [7, 11) is 1.73. The van der Waals surface area contributed by atoms with Gasteiger partial charge in [0.25, 0.3) is 5.91 Å². The van der Waals surface area contributed by atoms with Gasteiger partial charge >= 0.3 is 0 Å². The SMILES string of the molecule is CC(C)CNC(=O)c1ncn(C)n1. The Hall–Kier alpha value is -1.39. The maximum Gasteiger partial charge on any atom is 0.290 e. The summed E-state index contributed by atoms with van der Waals surface area (Å²) < 4.78 is 1.50. The third-order valence-corrected chi connectivity index (χ3v) is 1.47. The molecule has 72 valence electrons. The molecule has 0 radical (unpaired) electrons. The van der Waals surface area contributed by atoms with Crippen LogP contribution in [0.25, 0.3) is 0 Å². The summed E-state index contributed by atoms with van der Waals surface area (Å²) in [5.41, 5.74) is 0. The van der Waals surface area contributed by atoms with E-state index in [1.54, 1.807) is 7.05 Å². The largest absolute Gasteiger partial charge is 0.349 e. The molecule has 5 nitrogen and oxygen atoms in total. The summed E-state index contributed by atoms with van der Waals surface area (Å²) >= 11 is 0. The lowest BCUT2D eigenvalue weighted by molar-refractivity contribution is 0.0938. The molecule has 0 fully saturated rings. The van der Waals surface area contributed by atoms with Crippen LogP contribution in [0.1, 0.15) is 24.5 Å². The number of aromatic nitrogens is 3. The van der Waals surface area contributed by atoms with E-state index in [1.807, 2.05) is 13.8 Å². The zero-order valence-electron chi connectivity index (χ0n) is 8.11. The highest BCUT2D eigenvalue weighted by molar-refractivity contribution is 5.90. The molecule has 1 heterocycles. The van der Waals surface area contributed by atoms with Gasteiger partial charge in [-0.3, -0.25) is 9.48 Å². The van der Waals surface area contributed by atoms with Crippen molar-refractivity contribution >= 4 is 5.91 Å². The fourth-order valence-corrected chi connectivity index (χ4v) is 0.819. The number of nitrogens with zero attached hydrogens (tertiary/aromatic N) is 3. The van der Waals surface area contributed by atoms with E-state index < -0.39 is 0 Å². The molecule has 5 heteroatoms. The second-order valence-corrected chi connectivity index (χ2v) is 3.35. The highest BCUT2D eigenvalue weighted by Gasteiger charge is 2.09. The average molecular weight is 182 g/mol. The van der Waals surface area contributed by atoms with E-state index in [0.29, 0.717) is 12.5 Å². The van der Waals surface area contributed by atoms with Gasteiger partial charge < -0.3 is 5.32 Å². The Labute approximate surface area is 77.2 Å². The Morgan fingerprint density at radius 3 is 2.85 bits per heavy atom. The quantitative estimate of drug-likeness (QED) is 0.726. The van der Waals surface area contributed by atoms with Crippen LogP contribution in [0.4, 0.5) is 0 Å². The molecule has 0 bridgehead atoms. The van der Waals surface area contributed by atoms with Gasteiger partial charge in [-0.1, -0.05) is 13.8 Å². The van der Waals surface area contributed by atoms with Gasteiger partial charge in [-0.25, -0.2) is 4.98 Å². The van der Waals surface area contributed by atoms with Crippen molar-refractivity contribution in [1.82, 2.24) is 20.1 Å². The molecule has 0 spiro atoms. The Balaban J connectivity index is 2.49. The lowest BCUT2D eigenvalue weighted by Gasteiger charge is -2.04. The van der Waals surface area contributed by atoms with Gasteiger partial charge in [-0.2, -0.15) is 0 Å². The number of hydrogen-bond donors (Lipinski definition) is 1. The Kier molecular flexibility index (Phi) is 3.00. The first-order valence-electron chi connectivity index (χ1n) is 4.23. The summed E-state index contributed by atoms with van der Waals surface area (Å²) in [5.74, 6) is 0.449. The first-order valence-corrected chi connectivity index (χ1v) is 4.23. The third kappa shape index (κ3) is 2.85. The maximum atomic E-state index is 11.3.